The van der Waals surface area contributed by atoms with Crippen LogP contribution in [-0.2, 0) is 39.9 Å². The number of carbonyl (C=O) groups excluding carboxylic acids is 2. The Morgan fingerprint density at radius 3 is 1.62 bits per heavy atom. The van der Waals surface area contributed by atoms with Crippen LogP contribution in [0.3, 0.4) is 0 Å². The fourth-order valence-electron chi connectivity index (χ4n) is 8.86. The molecule has 0 bridgehead atoms. The molecule has 0 spiro atoms. The van der Waals surface area contributed by atoms with Crippen LogP contribution in [-0.4, -0.2) is 50.7 Å². The van der Waals surface area contributed by atoms with E-state index in [-0.39, 0.29) is 73.8 Å². The van der Waals surface area contributed by atoms with Crippen LogP contribution in [0.25, 0.3) is 33.4 Å². The molecule has 4 aromatic carbocycles. The lowest BCUT2D eigenvalue weighted by molar-refractivity contribution is -0.120. The average Bonchev–Trinajstić information content (AvgIpc) is 3.25. The number of benzene rings is 5. The molecule has 2 amide bonds. The van der Waals surface area contributed by atoms with E-state index >= 15 is 0 Å². The van der Waals surface area contributed by atoms with Gasteiger partial charge < -0.3 is 20.4 Å². The van der Waals surface area contributed by atoms with E-state index in [9.17, 15) is 48.5 Å². The molecule has 0 saturated carbocycles. The Bertz CT molecular complexity index is 3410. The second kappa shape index (κ2) is 19.6. The molecular weight excluding hydrogens is 933 g/mol. The number of hydrogen-bond donors (Lipinski definition) is 6. The van der Waals surface area contributed by atoms with Gasteiger partial charge in [-0.3, -0.25) is 23.2 Å². The minimum atomic E-state index is -5.17. The van der Waals surface area contributed by atoms with Crippen molar-refractivity contribution < 1.29 is 52.9 Å². The van der Waals surface area contributed by atoms with Gasteiger partial charge in [0.2, 0.25) is 11.8 Å². The predicted molar refractivity (Wildman–Crippen MR) is 263 cm³/mol. The summed E-state index contributed by atoms with van der Waals surface area (Å²) in [5.74, 6) is -1.05. The molecule has 16 nitrogen and oxygen atoms in total. The average molecular weight is 989 g/mol. The van der Waals surface area contributed by atoms with Crippen LogP contribution in [0, 0.1) is 53.4 Å². The number of anilines is 4. The number of rotatable bonds is 15. The van der Waals surface area contributed by atoms with E-state index in [0.29, 0.717) is 65.0 Å². The number of fused-ring (bicyclic) bond motifs is 2. The third-order valence-electron chi connectivity index (χ3n) is 12.5. The van der Waals surface area contributed by atoms with Crippen LogP contribution >= 0.6 is 0 Å². The SMILES string of the molecule is CCC(CC)C(=O)Nc1c(C)cc(C)c(N=c2cc3oc4cc(Nc5c(C)cc(C)c(NC(=O)C(CC)CC)c5C)c(S(=O)(=O)O)cc4c(-c4ccccc4S(=O)(=O)O)c-3cc2S(=O)(=O)O)c1C. The van der Waals surface area contributed by atoms with Crippen molar-refractivity contribution in [3.63, 3.8) is 0 Å². The van der Waals surface area contributed by atoms with Crippen LogP contribution in [0.4, 0.5) is 28.4 Å². The summed E-state index contributed by atoms with van der Waals surface area (Å²) >= 11 is 0. The molecule has 4 aromatic rings. The van der Waals surface area contributed by atoms with Gasteiger partial charge in [-0.1, -0.05) is 58.0 Å². The van der Waals surface area contributed by atoms with Crippen LogP contribution in [0.5, 0.6) is 0 Å². The zero-order valence-electron chi connectivity index (χ0n) is 39.4. The molecule has 19 heteroatoms. The number of aryl methyl sites for hydroxylation is 4. The van der Waals surface area contributed by atoms with Crippen LogP contribution in [0.2, 0.25) is 0 Å². The predicted octanol–water partition coefficient (Wildman–Crippen LogP) is 10.5. The molecule has 6 N–H and O–H groups in total. The quantitative estimate of drug-likeness (QED) is 0.0414. The molecule has 1 heterocycles. The van der Waals surface area contributed by atoms with Gasteiger partial charge in [-0.05, 0) is 119 Å². The summed E-state index contributed by atoms with van der Waals surface area (Å²) in [7, 11) is -15.3. The van der Waals surface area contributed by atoms with E-state index in [1.807, 2.05) is 41.5 Å². The van der Waals surface area contributed by atoms with E-state index in [1.165, 1.54) is 30.3 Å². The highest BCUT2D eigenvalue weighted by molar-refractivity contribution is 7.86. The highest BCUT2D eigenvalue weighted by Crippen LogP contribution is 2.46. The van der Waals surface area contributed by atoms with Gasteiger partial charge >= 0.3 is 0 Å². The maximum atomic E-state index is 13.4. The summed E-state index contributed by atoms with van der Waals surface area (Å²) in [5.41, 5.74) is 4.49. The highest BCUT2D eigenvalue weighted by Gasteiger charge is 2.30. The lowest BCUT2D eigenvalue weighted by atomic mass is 9.93. The van der Waals surface area contributed by atoms with E-state index in [1.54, 1.807) is 39.8 Å². The monoisotopic (exact) mass is 988 g/mol. The van der Waals surface area contributed by atoms with E-state index < -0.39 is 45.0 Å². The maximum Gasteiger partial charge on any atom is 0.296 e. The fourth-order valence-corrected chi connectivity index (χ4v) is 10.8. The molecule has 0 fully saturated rings. The summed E-state index contributed by atoms with van der Waals surface area (Å²) in [6, 6.07) is 13.2. The smallest absolute Gasteiger partial charge is 0.296 e. The van der Waals surface area contributed by atoms with Crippen molar-refractivity contribution in [2.24, 2.45) is 16.8 Å². The van der Waals surface area contributed by atoms with Crippen LogP contribution < -0.4 is 21.3 Å². The number of carbonyl (C=O) groups is 2. The number of nitrogens with one attached hydrogen (secondary N) is 3. The normalized spacial score (nSPS) is 12.7. The molecule has 6 rings (SSSR count). The van der Waals surface area contributed by atoms with Crippen molar-refractivity contribution in [1.82, 2.24) is 0 Å². The van der Waals surface area contributed by atoms with Crippen molar-refractivity contribution in [1.29, 1.82) is 0 Å². The van der Waals surface area contributed by atoms with Crippen molar-refractivity contribution in [3.05, 3.63) is 99.4 Å². The van der Waals surface area contributed by atoms with E-state index in [4.69, 9.17) is 9.41 Å². The Morgan fingerprint density at radius 2 is 1.09 bits per heavy atom. The molecule has 0 unspecified atom stereocenters. The van der Waals surface area contributed by atoms with E-state index in [2.05, 4.69) is 16.0 Å². The van der Waals surface area contributed by atoms with Gasteiger partial charge in [-0.2, -0.15) is 25.3 Å². The highest BCUT2D eigenvalue weighted by atomic mass is 32.2. The van der Waals surface area contributed by atoms with Crippen molar-refractivity contribution >= 4 is 81.6 Å². The first-order valence-electron chi connectivity index (χ1n) is 22.0. The third-order valence-corrected chi connectivity index (χ3v) is 15.2. The Labute approximate surface area is 396 Å². The zero-order valence-corrected chi connectivity index (χ0v) is 41.9. The van der Waals surface area contributed by atoms with Gasteiger partial charge in [0.05, 0.1) is 16.7 Å². The molecule has 0 aromatic heterocycles. The first-order chi connectivity index (χ1) is 31.7. The second-order valence-electron chi connectivity index (χ2n) is 17.0. The number of hydrogen-bond acceptors (Lipinski definition) is 11. The molecule has 1 aliphatic carbocycles. The Morgan fingerprint density at radius 1 is 0.588 bits per heavy atom. The first-order valence-corrected chi connectivity index (χ1v) is 26.3. The molecular formula is C49H56N4O12S3. The van der Waals surface area contributed by atoms with Gasteiger partial charge in [0.15, 0.2) is 0 Å². The van der Waals surface area contributed by atoms with E-state index in [0.717, 1.165) is 29.3 Å². The third kappa shape index (κ3) is 10.2. The zero-order chi connectivity index (χ0) is 50.4. The summed E-state index contributed by atoms with van der Waals surface area (Å²) in [6.07, 6.45) is 2.43. The molecule has 2 aliphatic rings. The second-order valence-corrected chi connectivity index (χ2v) is 21.2. The number of amides is 2. The summed E-state index contributed by atoms with van der Waals surface area (Å²) in [4.78, 5) is 29.2. The van der Waals surface area contributed by atoms with Crippen LogP contribution in [0.1, 0.15) is 86.8 Å². The first kappa shape index (κ1) is 51.4. The topological polar surface area (TPSA) is 259 Å². The fraction of sp³-hybridized carbons (Fsp3) is 0.327. The summed E-state index contributed by atoms with van der Waals surface area (Å²) in [6.45, 7) is 18.2. The van der Waals surface area contributed by atoms with Gasteiger partial charge in [0, 0.05) is 63.1 Å². The van der Waals surface area contributed by atoms with Gasteiger partial charge in [-0.25, -0.2) is 4.99 Å². The molecule has 1 aliphatic heterocycles. The lowest BCUT2D eigenvalue weighted by Gasteiger charge is -2.23. The molecule has 68 heavy (non-hydrogen) atoms. The summed E-state index contributed by atoms with van der Waals surface area (Å²) in [5, 5.41) is 8.67. The minimum Gasteiger partial charge on any atom is -0.456 e. The number of nitrogens with zero attached hydrogens (tertiary/aromatic N) is 1. The van der Waals surface area contributed by atoms with Gasteiger partial charge in [-0.15, -0.1) is 0 Å². The largest absolute Gasteiger partial charge is 0.456 e. The molecule has 0 radical (unpaired) electrons. The summed E-state index contributed by atoms with van der Waals surface area (Å²) < 4.78 is 118. The van der Waals surface area contributed by atoms with Gasteiger partial charge in [0.25, 0.3) is 30.4 Å². The van der Waals surface area contributed by atoms with Crippen molar-refractivity contribution in [2.75, 3.05) is 16.0 Å². The minimum absolute atomic E-state index is 0.114. The molecule has 0 atom stereocenters. The maximum absolute atomic E-state index is 13.4. The lowest BCUT2D eigenvalue weighted by Crippen LogP contribution is -2.23. The molecule has 362 valence electrons. The van der Waals surface area contributed by atoms with Crippen molar-refractivity contribution in [2.45, 2.75) is 110 Å². The molecule has 0 saturated heterocycles. The van der Waals surface area contributed by atoms with Crippen molar-refractivity contribution in [3.8, 4) is 22.5 Å². The van der Waals surface area contributed by atoms with Crippen LogP contribution in [0.15, 0.2) is 84.8 Å². The Hall–Kier alpha value is -5.96. The Kier molecular flexibility index (Phi) is 14.8. The standard InChI is InChI=1S/C49H56N4O12S3/c1-11-31(12-2)48(54)52-46-27(7)19-25(5)44(29(46)9)50-36-23-38-34(21-41(36)67(59,60)61)43(33-17-15-16-18-40(33)66(56,57)58)35-22-42(68(62,63)64)37(24-39(35)65-38)51-45-26(6)20-28(8)47(30(45)10)53-49(55)32(13-3)14-4/h15-24,31-32,50H,11-14H2,1-10H3,(H,52,54)(H,53,55)(H,56,57,58)(H,59,60,61)(H,62,63,64). The Balaban J connectivity index is 1.73. The van der Waals surface area contributed by atoms with Gasteiger partial charge in [0.1, 0.15) is 26.0 Å².